The number of nitrogens with zero attached hydrogens (tertiary/aromatic N) is 1. The molecule has 0 unspecified atom stereocenters. The molecule has 3 aromatic carbocycles. The van der Waals surface area contributed by atoms with E-state index in [0.29, 0.717) is 31.3 Å². The average Bonchev–Trinajstić information content (AvgIpc) is 3.78. The number of rotatable bonds is 5. The first kappa shape index (κ1) is 20.5. The van der Waals surface area contributed by atoms with E-state index >= 15 is 0 Å². The summed E-state index contributed by atoms with van der Waals surface area (Å²) in [6.45, 7) is 1.03. The summed E-state index contributed by atoms with van der Waals surface area (Å²) < 4.78 is 20.5. The minimum atomic E-state index is -0.174. The van der Waals surface area contributed by atoms with Crippen LogP contribution in [0.2, 0.25) is 0 Å². The number of carbonyl (C=O) groups is 1. The second-order valence-corrected chi connectivity index (χ2v) is 9.66. The average molecular weight is 442 g/mol. The number of amides is 1. The van der Waals surface area contributed by atoms with Crippen LogP contribution in [0.15, 0.2) is 60.7 Å². The van der Waals surface area contributed by atoms with Gasteiger partial charge in [-0.05, 0) is 83.5 Å². The van der Waals surface area contributed by atoms with Crippen LogP contribution in [0.4, 0.5) is 4.39 Å². The molecule has 2 saturated carbocycles. The lowest BCUT2D eigenvalue weighted by atomic mass is 9.89. The van der Waals surface area contributed by atoms with Crippen LogP contribution in [0.5, 0.6) is 5.75 Å². The van der Waals surface area contributed by atoms with E-state index in [1.807, 2.05) is 35.2 Å². The molecule has 0 aromatic heterocycles. The largest absolute Gasteiger partial charge is 0.496 e. The molecule has 3 aliphatic rings. The molecule has 2 atom stereocenters. The number of carbonyl (C=O) groups excluding carboxylic acids is 1. The molecular weight excluding hydrogens is 413 g/mol. The number of methoxy groups -OCH3 is 1. The summed E-state index contributed by atoms with van der Waals surface area (Å²) in [5.41, 5.74) is 6.21. The third-order valence-electron chi connectivity index (χ3n) is 7.56. The second kappa shape index (κ2) is 8.02. The van der Waals surface area contributed by atoms with Crippen molar-refractivity contribution in [3.63, 3.8) is 0 Å². The van der Waals surface area contributed by atoms with E-state index in [9.17, 15) is 9.18 Å². The third kappa shape index (κ3) is 3.72. The Hall–Kier alpha value is -3.14. The monoisotopic (exact) mass is 441 g/mol. The van der Waals surface area contributed by atoms with Crippen LogP contribution in [0.1, 0.15) is 53.4 Å². The van der Waals surface area contributed by atoms with Crippen molar-refractivity contribution >= 4 is 5.91 Å². The SMILES string of the molecule is COc1ccc(C2CC2)cc1-c1ccc(F)c2c1CN(C(=O)[C@@H]1C[C@H]1c1ccccc1)CC2. The molecule has 1 heterocycles. The molecule has 4 heteroatoms. The lowest BCUT2D eigenvalue weighted by Gasteiger charge is -2.31. The van der Waals surface area contributed by atoms with Gasteiger partial charge in [0.05, 0.1) is 7.11 Å². The topological polar surface area (TPSA) is 29.5 Å². The Morgan fingerprint density at radius 2 is 1.79 bits per heavy atom. The minimum absolute atomic E-state index is 0.0405. The lowest BCUT2D eigenvalue weighted by Crippen LogP contribution is -2.37. The molecule has 0 spiro atoms. The first-order valence-electron chi connectivity index (χ1n) is 12.0. The Bertz CT molecular complexity index is 1220. The van der Waals surface area contributed by atoms with Gasteiger partial charge >= 0.3 is 0 Å². The van der Waals surface area contributed by atoms with Crippen LogP contribution in [0.25, 0.3) is 11.1 Å². The number of benzene rings is 3. The summed E-state index contributed by atoms with van der Waals surface area (Å²) >= 11 is 0. The molecule has 1 aliphatic heterocycles. The minimum Gasteiger partial charge on any atom is -0.496 e. The maximum atomic E-state index is 14.8. The van der Waals surface area contributed by atoms with Gasteiger partial charge in [0.25, 0.3) is 0 Å². The highest BCUT2D eigenvalue weighted by Crippen LogP contribution is 2.49. The molecule has 33 heavy (non-hydrogen) atoms. The van der Waals surface area contributed by atoms with Gasteiger partial charge in [-0.2, -0.15) is 0 Å². The van der Waals surface area contributed by atoms with Gasteiger partial charge in [-0.1, -0.05) is 42.5 Å². The molecule has 1 amide bonds. The predicted octanol–water partition coefficient (Wildman–Crippen LogP) is 6.07. The van der Waals surface area contributed by atoms with Crippen molar-refractivity contribution in [3.05, 3.63) is 88.7 Å². The number of hydrogen-bond donors (Lipinski definition) is 0. The summed E-state index contributed by atoms with van der Waals surface area (Å²) in [7, 11) is 1.68. The molecule has 2 aliphatic carbocycles. The van der Waals surface area contributed by atoms with E-state index in [4.69, 9.17) is 4.74 Å². The Morgan fingerprint density at radius 1 is 0.970 bits per heavy atom. The van der Waals surface area contributed by atoms with Gasteiger partial charge in [0.2, 0.25) is 5.91 Å². The molecule has 3 aromatic rings. The highest BCUT2D eigenvalue weighted by Gasteiger charge is 2.46. The van der Waals surface area contributed by atoms with Crippen LogP contribution in [-0.2, 0) is 17.8 Å². The Morgan fingerprint density at radius 3 is 2.55 bits per heavy atom. The first-order chi connectivity index (χ1) is 16.1. The highest BCUT2D eigenvalue weighted by atomic mass is 19.1. The summed E-state index contributed by atoms with van der Waals surface area (Å²) in [6, 6.07) is 20.1. The van der Waals surface area contributed by atoms with Crippen LogP contribution in [0.3, 0.4) is 0 Å². The quantitative estimate of drug-likeness (QED) is 0.481. The Balaban J connectivity index is 1.32. The van der Waals surface area contributed by atoms with E-state index in [0.717, 1.165) is 34.4 Å². The van der Waals surface area contributed by atoms with Crippen LogP contribution < -0.4 is 4.74 Å². The zero-order valence-corrected chi connectivity index (χ0v) is 18.9. The fourth-order valence-corrected chi connectivity index (χ4v) is 5.45. The van der Waals surface area contributed by atoms with E-state index in [-0.39, 0.29) is 17.6 Å². The van der Waals surface area contributed by atoms with Crippen LogP contribution >= 0.6 is 0 Å². The molecule has 2 fully saturated rings. The maximum absolute atomic E-state index is 14.8. The summed E-state index contributed by atoms with van der Waals surface area (Å²) in [4.78, 5) is 15.3. The zero-order valence-electron chi connectivity index (χ0n) is 18.9. The fraction of sp³-hybridized carbons (Fsp3) is 0.345. The molecule has 0 radical (unpaired) electrons. The number of ether oxygens (including phenoxy) is 1. The van der Waals surface area contributed by atoms with Crippen molar-refractivity contribution in [2.45, 2.75) is 44.1 Å². The molecule has 0 bridgehead atoms. The van der Waals surface area contributed by atoms with Gasteiger partial charge in [-0.15, -0.1) is 0 Å². The zero-order chi connectivity index (χ0) is 22.5. The molecule has 0 saturated heterocycles. The first-order valence-corrected chi connectivity index (χ1v) is 12.0. The summed E-state index contributed by atoms with van der Waals surface area (Å²) in [5.74, 6) is 1.79. The van der Waals surface area contributed by atoms with Crippen molar-refractivity contribution < 1.29 is 13.9 Å². The van der Waals surface area contributed by atoms with E-state index in [1.165, 1.54) is 24.0 Å². The van der Waals surface area contributed by atoms with Gasteiger partial charge < -0.3 is 9.64 Å². The van der Waals surface area contributed by atoms with E-state index in [2.05, 4.69) is 24.3 Å². The number of halogens is 1. The van der Waals surface area contributed by atoms with Crippen molar-refractivity contribution in [3.8, 4) is 16.9 Å². The number of fused-ring (bicyclic) bond motifs is 1. The standard InChI is InChI=1S/C29H28FNO2/c1-33-28-12-9-20(18-7-8-18)15-24(28)21-10-11-27(30)22-13-14-31(17-26(21)22)29(32)25-16-23(25)19-5-3-2-4-6-19/h2-6,9-12,15,18,23,25H,7-8,13-14,16-17H2,1H3/t23-,25+/m0/s1. The third-order valence-corrected chi connectivity index (χ3v) is 7.56. The maximum Gasteiger partial charge on any atom is 0.226 e. The molecule has 6 rings (SSSR count). The second-order valence-electron chi connectivity index (χ2n) is 9.66. The lowest BCUT2D eigenvalue weighted by molar-refractivity contribution is -0.133. The molecule has 168 valence electrons. The molecule has 3 nitrogen and oxygen atoms in total. The number of hydrogen-bond acceptors (Lipinski definition) is 2. The predicted molar refractivity (Wildman–Crippen MR) is 127 cm³/mol. The highest BCUT2D eigenvalue weighted by molar-refractivity contribution is 5.84. The van der Waals surface area contributed by atoms with Crippen molar-refractivity contribution in [1.29, 1.82) is 0 Å². The van der Waals surface area contributed by atoms with Gasteiger partial charge in [0, 0.05) is 24.6 Å². The van der Waals surface area contributed by atoms with Gasteiger partial charge in [-0.3, -0.25) is 4.79 Å². The Labute approximate surface area is 194 Å². The molecular formula is C29H28FNO2. The normalized spacial score (nSPS) is 21.5. The van der Waals surface area contributed by atoms with Crippen molar-refractivity contribution in [2.75, 3.05) is 13.7 Å². The Kier molecular flexibility index (Phi) is 4.97. The van der Waals surface area contributed by atoms with Crippen molar-refractivity contribution in [1.82, 2.24) is 4.90 Å². The summed E-state index contributed by atoms with van der Waals surface area (Å²) in [6.07, 6.45) is 3.90. The summed E-state index contributed by atoms with van der Waals surface area (Å²) in [5, 5.41) is 0. The van der Waals surface area contributed by atoms with Crippen LogP contribution in [-0.4, -0.2) is 24.5 Å². The smallest absolute Gasteiger partial charge is 0.226 e. The van der Waals surface area contributed by atoms with Crippen LogP contribution in [0, 0.1) is 11.7 Å². The van der Waals surface area contributed by atoms with Gasteiger partial charge in [-0.25, -0.2) is 4.39 Å². The molecule has 0 N–H and O–H groups in total. The van der Waals surface area contributed by atoms with E-state index in [1.54, 1.807) is 13.2 Å². The van der Waals surface area contributed by atoms with Gasteiger partial charge in [0.15, 0.2) is 0 Å². The van der Waals surface area contributed by atoms with Gasteiger partial charge in [0.1, 0.15) is 11.6 Å². The fourth-order valence-electron chi connectivity index (χ4n) is 5.45. The van der Waals surface area contributed by atoms with Crippen molar-refractivity contribution in [2.24, 2.45) is 5.92 Å². The van der Waals surface area contributed by atoms with E-state index < -0.39 is 0 Å².